The van der Waals surface area contributed by atoms with Crippen molar-refractivity contribution in [2.24, 2.45) is 10.8 Å². The van der Waals surface area contributed by atoms with E-state index < -0.39 is 35.0 Å². The molecule has 0 bridgehead atoms. The summed E-state index contributed by atoms with van der Waals surface area (Å²) in [5, 5.41) is 37.7. The summed E-state index contributed by atoms with van der Waals surface area (Å²) < 4.78 is 0. The van der Waals surface area contributed by atoms with Crippen LogP contribution >= 0.6 is 0 Å². The third-order valence-electron chi connectivity index (χ3n) is 4.20. The van der Waals surface area contributed by atoms with E-state index in [9.17, 15) is 19.8 Å². The van der Waals surface area contributed by atoms with Gasteiger partial charge >= 0.3 is 11.9 Å². The van der Waals surface area contributed by atoms with Crippen molar-refractivity contribution in [2.45, 2.75) is 78.4 Å². The van der Waals surface area contributed by atoms with E-state index in [1.165, 1.54) is 0 Å². The van der Waals surface area contributed by atoms with Crippen molar-refractivity contribution in [3.63, 3.8) is 0 Å². The molecule has 0 aliphatic carbocycles. The second kappa shape index (κ2) is 8.48. The fraction of sp³-hybridized carbons (Fsp3) is 0.875. The fourth-order valence-corrected chi connectivity index (χ4v) is 1.94. The molecule has 0 radical (unpaired) electrons. The van der Waals surface area contributed by atoms with Gasteiger partial charge in [0.15, 0.2) is 0 Å². The first-order valence-corrected chi connectivity index (χ1v) is 7.71. The van der Waals surface area contributed by atoms with Crippen molar-refractivity contribution in [1.82, 2.24) is 0 Å². The fourth-order valence-electron chi connectivity index (χ4n) is 1.94. The first kappa shape index (κ1) is 20.9. The number of hydrogen-bond acceptors (Lipinski definition) is 4. The highest BCUT2D eigenvalue weighted by molar-refractivity contribution is 5.73. The van der Waals surface area contributed by atoms with Crippen LogP contribution in [0.25, 0.3) is 0 Å². The number of carbonyl (C=O) groups is 2. The molecule has 4 N–H and O–H groups in total. The van der Waals surface area contributed by atoms with Crippen LogP contribution in [0.4, 0.5) is 0 Å². The highest BCUT2D eigenvalue weighted by Gasteiger charge is 2.29. The van der Waals surface area contributed by atoms with E-state index in [1.807, 2.05) is 0 Å². The third kappa shape index (κ3) is 7.75. The van der Waals surface area contributed by atoms with Gasteiger partial charge < -0.3 is 20.4 Å². The van der Waals surface area contributed by atoms with E-state index in [0.29, 0.717) is 38.5 Å². The van der Waals surface area contributed by atoms with Crippen molar-refractivity contribution in [2.75, 3.05) is 0 Å². The smallest absolute Gasteiger partial charge is 0.309 e. The Bertz CT molecular complexity index is 339. The van der Waals surface area contributed by atoms with Gasteiger partial charge in [-0.3, -0.25) is 9.59 Å². The molecular weight excluding hydrogens is 288 g/mol. The molecule has 0 aliphatic heterocycles. The van der Waals surface area contributed by atoms with E-state index in [1.54, 1.807) is 27.7 Å². The zero-order valence-corrected chi connectivity index (χ0v) is 14.0. The number of carboxylic acid groups (broad SMARTS) is 2. The van der Waals surface area contributed by atoms with E-state index in [2.05, 4.69) is 0 Å². The molecule has 0 amide bonds. The normalized spacial score (nSPS) is 15.4. The average Bonchev–Trinajstić information content (AvgIpc) is 2.40. The lowest BCUT2D eigenvalue weighted by atomic mass is 9.85. The molecule has 2 unspecified atom stereocenters. The molecule has 0 aliphatic rings. The largest absolute Gasteiger partial charge is 0.481 e. The molecule has 22 heavy (non-hydrogen) atoms. The molecule has 0 fully saturated rings. The molecule has 0 saturated heterocycles. The Morgan fingerprint density at radius 2 is 1.00 bits per heavy atom. The Morgan fingerprint density at radius 3 is 1.23 bits per heavy atom. The molecule has 0 rings (SSSR count). The summed E-state index contributed by atoms with van der Waals surface area (Å²) in [5.74, 6) is -1.79. The van der Waals surface area contributed by atoms with Crippen LogP contribution in [-0.2, 0) is 9.59 Å². The van der Waals surface area contributed by atoms with Gasteiger partial charge in [-0.15, -0.1) is 0 Å². The minimum absolute atomic E-state index is 0.367. The second-order valence-corrected chi connectivity index (χ2v) is 7.34. The highest BCUT2D eigenvalue weighted by Crippen LogP contribution is 2.26. The van der Waals surface area contributed by atoms with E-state index in [-0.39, 0.29) is 0 Å². The minimum Gasteiger partial charge on any atom is -0.481 e. The zero-order valence-electron chi connectivity index (χ0n) is 14.0. The maximum absolute atomic E-state index is 11.0. The van der Waals surface area contributed by atoms with Crippen LogP contribution in [0.2, 0.25) is 0 Å². The molecule has 0 spiro atoms. The Balaban J connectivity index is 4.03. The van der Waals surface area contributed by atoms with Gasteiger partial charge in [-0.25, -0.2) is 0 Å². The van der Waals surface area contributed by atoms with Gasteiger partial charge in [-0.05, 0) is 66.2 Å². The number of aliphatic carboxylic acids is 2. The molecule has 6 nitrogen and oxygen atoms in total. The standard InChI is InChI=1S/C16H30O6/c1-15(2,13(19)20)9-7-11(17)5-6-12(18)8-10-16(3,4)14(21)22/h11-12,17-18H,5-10H2,1-4H3,(H,19,20)(H,21,22). The Morgan fingerprint density at radius 1 is 0.727 bits per heavy atom. The van der Waals surface area contributed by atoms with Crippen LogP contribution < -0.4 is 0 Å². The van der Waals surface area contributed by atoms with Gasteiger partial charge in [0.2, 0.25) is 0 Å². The quantitative estimate of drug-likeness (QED) is 0.464. The van der Waals surface area contributed by atoms with Crippen LogP contribution in [0.15, 0.2) is 0 Å². The number of aliphatic hydroxyl groups is 2. The van der Waals surface area contributed by atoms with Gasteiger partial charge in [-0.2, -0.15) is 0 Å². The van der Waals surface area contributed by atoms with E-state index in [0.717, 1.165) is 0 Å². The predicted octanol–water partition coefficient (Wildman–Crippen LogP) is 2.27. The molecule has 0 saturated carbocycles. The monoisotopic (exact) mass is 318 g/mol. The summed E-state index contributed by atoms with van der Waals surface area (Å²) in [4.78, 5) is 21.9. The van der Waals surface area contributed by atoms with Crippen LogP contribution in [0.1, 0.15) is 66.2 Å². The van der Waals surface area contributed by atoms with Crippen LogP contribution in [0, 0.1) is 10.8 Å². The number of aliphatic hydroxyl groups excluding tert-OH is 2. The summed E-state index contributed by atoms with van der Waals surface area (Å²) >= 11 is 0. The average molecular weight is 318 g/mol. The predicted molar refractivity (Wildman–Crippen MR) is 82.5 cm³/mol. The lowest BCUT2D eigenvalue weighted by Crippen LogP contribution is -2.26. The molecule has 0 aromatic rings. The molecule has 0 heterocycles. The number of rotatable bonds is 11. The summed E-state index contributed by atoms with van der Waals surface area (Å²) in [6.45, 7) is 6.46. The lowest BCUT2D eigenvalue weighted by molar-refractivity contribution is -0.148. The Hall–Kier alpha value is -1.14. The molecular formula is C16H30O6. The topological polar surface area (TPSA) is 115 Å². The van der Waals surface area contributed by atoms with Gasteiger partial charge in [0.25, 0.3) is 0 Å². The third-order valence-corrected chi connectivity index (χ3v) is 4.20. The molecule has 2 atom stereocenters. The van der Waals surface area contributed by atoms with Crippen molar-refractivity contribution in [3.05, 3.63) is 0 Å². The molecule has 0 aromatic heterocycles. The lowest BCUT2D eigenvalue weighted by Gasteiger charge is -2.22. The van der Waals surface area contributed by atoms with Crippen molar-refractivity contribution >= 4 is 11.9 Å². The van der Waals surface area contributed by atoms with Gasteiger partial charge in [-0.1, -0.05) is 0 Å². The van der Waals surface area contributed by atoms with Gasteiger partial charge in [0, 0.05) is 0 Å². The van der Waals surface area contributed by atoms with Crippen LogP contribution in [0.3, 0.4) is 0 Å². The van der Waals surface area contributed by atoms with Crippen molar-refractivity contribution in [1.29, 1.82) is 0 Å². The zero-order chi connectivity index (χ0) is 17.6. The summed E-state index contributed by atoms with van der Waals surface area (Å²) in [5.41, 5.74) is -1.74. The van der Waals surface area contributed by atoms with Gasteiger partial charge in [0.1, 0.15) is 0 Å². The number of carboxylic acids is 2. The molecule has 6 heteroatoms. The Kier molecular flexibility index (Phi) is 8.04. The first-order valence-electron chi connectivity index (χ1n) is 7.71. The van der Waals surface area contributed by atoms with Crippen molar-refractivity contribution < 1.29 is 30.0 Å². The Labute approximate surface area is 132 Å². The second-order valence-electron chi connectivity index (χ2n) is 7.34. The van der Waals surface area contributed by atoms with Gasteiger partial charge in [0.05, 0.1) is 23.0 Å². The minimum atomic E-state index is -0.893. The van der Waals surface area contributed by atoms with Crippen LogP contribution in [0.5, 0.6) is 0 Å². The molecule has 0 aromatic carbocycles. The van der Waals surface area contributed by atoms with E-state index >= 15 is 0 Å². The maximum atomic E-state index is 11.0. The highest BCUT2D eigenvalue weighted by atomic mass is 16.4. The molecule has 130 valence electrons. The summed E-state index contributed by atoms with van der Waals surface area (Å²) in [6, 6.07) is 0. The SMILES string of the molecule is CC(C)(CCC(O)CCC(O)CCC(C)(C)C(=O)O)C(=O)O. The van der Waals surface area contributed by atoms with Crippen LogP contribution in [-0.4, -0.2) is 44.6 Å². The van der Waals surface area contributed by atoms with E-state index in [4.69, 9.17) is 10.2 Å². The maximum Gasteiger partial charge on any atom is 0.309 e. The van der Waals surface area contributed by atoms with Crippen molar-refractivity contribution in [3.8, 4) is 0 Å². The number of hydrogen-bond donors (Lipinski definition) is 4. The summed E-state index contributed by atoms with van der Waals surface area (Å²) in [6.07, 6.45) is 0.923. The summed E-state index contributed by atoms with van der Waals surface area (Å²) in [7, 11) is 0. The first-order chi connectivity index (χ1) is 9.88.